The van der Waals surface area contributed by atoms with Gasteiger partial charge in [0.05, 0.1) is 6.10 Å². The Labute approximate surface area is 69.0 Å². The van der Waals surface area contributed by atoms with Gasteiger partial charge in [0.25, 0.3) is 0 Å². The van der Waals surface area contributed by atoms with E-state index in [-0.39, 0.29) is 6.10 Å². The molecule has 0 heterocycles. The van der Waals surface area contributed by atoms with Crippen molar-refractivity contribution in [2.24, 2.45) is 5.92 Å². The minimum Gasteiger partial charge on any atom is -0.391 e. The SMILES string of the molecule is CC(C)N[C@@H]1CC[C@H](C)[C@@H]1O. The van der Waals surface area contributed by atoms with Gasteiger partial charge in [0.2, 0.25) is 0 Å². The molecule has 0 aliphatic heterocycles. The van der Waals surface area contributed by atoms with Crippen molar-refractivity contribution in [3.05, 3.63) is 0 Å². The van der Waals surface area contributed by atoms with E-state index in [1.807, 2.05) is 0 Å². The highest BCUT2D eigenvalue weighted by Crippen LogP contribution is 2.25. The number of nitrogens with one attached hydrogen (secondary N) is 1. The van der Waals surface area contributed by atoms with Gasteiger partial charge >= 0.3 is 0 Å². The van der Waals surface area contributed by atoms with Gasteiger partial charge in [0.1, 0.15) is 0 Å². The molecule has 66 valence electrons. The van der Waals surface area contributed by atoms with Crippen molar-refractivity contribution < 1.29 is 5.11 Å². The molecule has 3 atom stereocenters. The monoisotopic (exact) mass is 157 g/mol. The molecule has 1 aliphatic carbocycles. The summed E-state index contributed by atoms with van der Waals surface area (Å²) in [5, 5.41) is 13.0. The zero-order valence-corrected chi connectivity index (χ0v) is 7.67. The molecule has 2 nitrogen and oxygen atoms in total. The Balaban J connectivity index is 2.36. The zero-order chi connectivity index (χ0) is 8.43. The average molecular weight is 157 g/mol. The van der Waals surface area contributed by atoms with Crippen molar-refractivity contribution in [2.75, 3.05) is 0 Å². The first kappa shape index (κ1) is 9.01. The molecule has 2 N–H and O–H groups in total. The molecular formula is C9H19NO. The van der Waals surface area contributed by atoms with E-state index >= 15 is 0 Å². The molecule has 0 bridgehead atoms. The van der Waals surface area contributed by atoms with Gasteiger partial charge in [0, 0.05) is 12.1 Å². The fourth-order valence-electron chi connectivity index (χ4n) is 1.79. The summed E-state index contributed by atoms with van der Waals surface area (Å²) in [6.07, 6.45) is 2.16. The summed E-state index contributed by atoms with van der Waals surface area (Å²) in [7, 11) is 0. The Bertz CT molecular complexity index is 125. The maximum Gasteiger partial charge on any atom is 0.0718 e. The standard InChI is InChI=1S/C9H19NO/c1-6(2)10-8-5-4-7(3)9(8)11/h6-11H,4-5H2,1-3H3/t7-,8+,9-/m0/s1. The van der Waals surface area contributed by atoms with E-state index in [1.165, 1.54) is 0 Å². The third-order valence-corrected chi connectivity index (χ3v) is 2.48. The van der Waals surface area contributed by atoms with Crippen molar-refractivity contribution in [1.29, 1.82) is 0 Å². The van der Waals surface area contributed by atoms with Crippen LogP contribution in [-0.4, -0.2) is 23.3 Å². The van der Waals surface area contributed by atoms with Crippen LogP contribution in [0.3, 0.4) is 0 Å². The van der Waals surface area contributed by atoms with E-state index < -0.39 is 0 Å². The predicted octanol–water partition coefficient (Wildman–Crippen LogP) is 1.14. The Morgan fingerprint density at radius 2 is 2.00 bits per heavy atom. The van der Waals surface area contributed by atoms with Crippen LogP contribution < -0.4 is 5.32 Å². The van der Waals surface area contributed by atoms with Crippen LogP contribution in [0.25, 0.3) is 0 Å². The maximum absolute atomic E-state index is 9.64. The Morgan fingerprint density at radius 1 is 1.36 bits per heavy atom. The minimum absolute atomic E-state index is 0.127. The van der Waals surface area contributed by atoms with Crippen LogP contribution in [0.4, 0.5) is 0 Å². The van der Waals surface area contributed by atoms with Gasteiger partial charge in [0.15, 0.2) is 0 Å². The smallest absolute Gasteiger partial charge is 0.0718 e. The van der Waals surface area contributed by atoms with Gasteiger partial charge in [-0.1, -0.05) is 20.8 Å². The molecule has 1 rings (SSSR count). The Hall–Kier alpha value is -0.0800. The molecule has 11 heavy (non-hydrogen) atoms. The summed E-state index contributed by atoms with van der Waals surface area (Å²) in [5.41, 5.74) is 0. The number of aliphatic hydroxyl groups excluding tert-OH is 1. The number of aliphatic hydroxyl groups is 1. The van der Waals surface area contributed by atoms with Crippen LogP contribution in [0.15, 0.2) is 0 Å². The quantitative estimate of drug-likeness (QED) is 0.630. The molecular weight excluding hydrogens is 138 g/mol. The minimum atomic E-state index is -0.127. The molecule has 0 spiro atoms. The number of hydrogen-bond donors (Lipinski definition) is 2. The van der Waals surface area contributed by atoms with Crippen molar-refractivity contribution in [3.63, 3.8) is 0 Å². The van der Waals surface area contributed by atoms with Crippen molar-refractivity contribution >= 4 is 0 Å². The van der Waals surface area contributed by atoms with Gasteiger partial charge in [-0.05, 0) is 18.8 Å². The summed E-state index contributed by atoms with van der Waals surface area (Å²) in [6, 6.07) is 0.824. The van der Waals surface area contributed by atoms with Crippen LogP contribution in [0.1, 0.15) is 33.6 Å². The zero-order valence-electron chi connectivity index (χ0n) is 7.67. The largest absolute Gasteiger partial charge is 0.391 e. The van der Waals surface area contributed by atoms with Gasteiger partial charge in [-0.25, -0.2) is 0 Å². The normalized spacial score (nSPS) is 38.5. The molecule has 0 unspecified atom stereocenters. The lowest BCUT2D eigenvalue weighted by Crippen LogP contribution is -2.41. The second-order valence-corrected chi connectivity index (χ2v) is 3.97. The highest BCUT2D eigenvalue weighted by molar-refractivity contribution is 4.87. The summed E-state index contributed by atoms with van der Waals surface area (Å²) >= 11 is 0. The molecule has 0 radical (unpaired) electrons. The molecule has 0 saturated heterocycles. The lowest BCUT2D eigenvalue weighted by molar-refractivity contribution is 0.110. The second-order valence-electron chi connectivity index (χ2n) is 3.97. The molecule has 1 fully saturated rings. The Morgan fingerprint density at radius 3 is 2.36 bits per heavy atom. The molecule has 0 aromatic rings. The van der Waals surface area contributed by atoms with Crippen LogP contribution in [-0.2, 0) is 0 Å². The van der Waals surface area contributed by atoms with Crippen LogP contribution in [0, 0.1) is 5.92 Å². The summed E-state index contributed by atoms with van der Waals surface area (Å²) in [6.45, 7) is 6.36. The molecule has 2 heteroatoms. The van der Waals surface area contributed by atoms with Gasteiger partial charge in [-0.3, -0.25) is 0 Å². The first-order valence-electron chi connectivity index (χ1n) is 4.55. The number of hydrogen-bond acceptors (Lipinski definition) is 2. The van der Waals surface area contributed by atoms with Gasteiger partial charge < -0.3 is 10.4 Å². The molecule has 0 aromatic carbocycles. The third kappa shape index (κ3) is 2.17. The first-order chi connectivity index (χ1) is 5.11. The van der Waals surface area contributed by atoms with Crippen LogP contribution >= 0.6 is 0 Å². The van der Waals surface area contributed by atoms with E-state index in [4.69, 9.17) is 0 Å². The Kier molecular flexibility index (Phi) is 2.90. The van der Waals surface area contributed by atoms with Crippen LogP contribution in [0.5, 0.6) is 0 Å². The predicted molar refractivity (Wildman–Crippen MR) is 46.5 cm³/mol. The fraction of sp³-hybridized carbons (Fsp3) is 1.00. The number of rotatable bonds is 2. The topological polar surface area (TPSA) is 32.3 Å². The van der Waals surface area contributed by atoms with E-state index in [2.05, 4.69) is 26.1 Å². The van der Waals surface area contributed by atoms with E-state index in [0.717, 1.165) is 12.8 Å². The molecule has 1 saturated carbocycles. The van der Waals surface area contributed by atoms with Crippen molar-refractivity contribution in [3.8, 4) is 0 Å². The maximum atomic E-state index is 9.64. The summed E-state index contributed by atoms with van der Waals surface area (Å²) in [4.78, 5) is 0. The molecule has 1 aliphatic rings. The second kappa shape index (κ2) is 3.55. The third-order valence-electron chi connectivity index (χ3n) is 2.48. The fourth-order valence-corrected chi connectivity index (χ4v) is 1.79. The molecule has 0 amide bonds. The van der Waals surface area contributed by atoms with Crippen molar-refractivity contribution in [2.45, 2.75) is 51.8 Å². The lowest BCUT2D eigenvalue weighted by Gasteiger charge is -2.20. The first-order valence-corrected chi connectivity index (χ1v) is 4.55. The highest BCUT2D eigenvalue weighted by Gasteiger charge is 2.31. The van der Waals surface area contributed by atoms with Crippen molar-refractivity contribution in [1.82, 2.24) is 5.32 Å². The lowest BCUT2D eigenvalue weighted by atomic mass is 10.1. The van der Waals surface area contributed by atoms with E-state index in [1.54, 1.807) is 0 Å². The molecule has 0 aromatic heterocycles. The van der Waals surface area contributed by atoms with Gasteiger partial charge in [-0.2, -0.15) is 0 Å². The average Bonchev–Trinajstić information content (AvgIpc) is 2.18. The van der Waals surface area contributed by atoms with Crippen LogP contribution in [0.2, 0.25) is 0 Å². The van der Waals surface area contributed by atoms with E-state index in [0.29, 0.717) is 18.0 Å². The summed E-state index contributed by atoms with van der Waals surface area (Å²) in [5.74, 6) is 0.478. The van der Waals surface area contributed by atoms with E-state index in [9.17, 15) is 5.11 Å². The summed E-state index contributed by atoms with van der Waals surface area (Å²) < 4.78 is 0. The highest BCUT2D eigenvalue weighted by atomic mass is 16.3. The van der Waals surface area contributed by atoms with Gasteiger partial charge in [-0.15, -0.1) is 0 Å².